The third-order valence-corrected chi connectivity index (χ3v) is 2.49. The van der Waals surface area contributed by atoms with E-state index in [1.54, 1.807) is 0 Å². The molecule has 0 aliphatic carbocycles. The van der Waals surface area contributed by atoms with Gasteiger partial charge in [0.1, 0.15) is 0 Å². The van der Waals surface area contributed by atoms with Gasteiger partial charge in [0.2, 0.25) is 5.91 Å². The Bertz CT molecular complexity index is 396. The summed E-state index contributed by atoms with van der Waals surface area (Å²) in [6.45, 7) is 5.27. The van der Waals surface area contributed by atoms with E-state index in [1.807, 2.05) is 6.92 Å². The summed E-state index contributed by atoms with van der Waals surface area (Å²) in [4.78, 5) is 35.6. The van der Waals surface area contributed by atoms with Gasteiger partial charge in [-0.05, 0) is 20.3 Å². The Balaban J connectivity index is 4.51. The van der Waals surface area contributed by atoms with Gasteiger partial charge in [0.05, 0.1) is 12.0 Å². The number of imide groups is 1. The maximum atomic E-state index is 11.7. The van der Waals surface area contributed by atoms with Crippen LogP contribution >= 0.6 is 0 Å². The number of carbonyl (C=O) groups excluding carboxylic acids is 2. The van der Waals surface area contributed by atoms with Gasteiger partial charge < -0.3 is 10.0 Å². The first-order valence-electron chi connectivity index (χ1n) is 6.00. The summed E-state index contributed by atoms with van der Waals surface area (Å²) in [7, 11) is 0. The summed E-state index contributed by atoms with van der Waals surface area (Å²) >= 11 is 0. The second-order valence-corrected chi connectivity index (χ2v) is 4.84. The van der Waals surface area contributed by atoms with Crippen LogP contribution in [0.5, 0.6) is 0 Å². The minimum Gasteiger partial charge on any atom is -0.481 e. The van der Waals surface area contributed by atoms with Gasteiger partial charge in [0, 0.05) is 13.0 Å². The van der Waals surface area contributed by atoms with E-state index >= 15 is 0 Å². The number of carboxylic acid groups (broad SMARTS) is 1. The fourth-order valence-corrected chi connectivity index (χ4v) is 1.35. The molecule has 0 aliphatic rings. The van der Waals surface area contributed by atoms with Crippen molar-refractivity contribution < 1.29 is 19.5 Å². The molecule has 0 aromatic heterocycles. The van der Waals surface area contributed by atoms with E-state index in [4.69, 9.17) is 11.5 Å². The Morgan fingerprint density at radius 1 is 1.37 bits per heavy atom. The number of aliphatic carboxylic acids is 1. The third-order valence-electron chi connectivity index (χ3n) is 2.49. The van der Waals surface area contributed by atoms with Crippen molar-refractivity contribution >= 4 is 17.9 Å². The van der Waals surface area contributed by atoms with Crippen molar-refractivity contribution in [1.29, 1.82) is 0 Å². The summed E-state index contributed by atoms with van der Waals surface area (Å²) in [6, 6.07) is -0.592. The molecule has 0 fully saturated rings. The van der Waals surface area contributed by atoms with Crippen molar-refractivity contribution in [3.63, 3.8) is 0 Å². The van der Waals surface area contributed by atoms with Crippen LogP contribution in [0, 0.1) is 17.8 Å². The van der Waals surface area contributed by atoms with Crippen LogP contribution in [0.3, 0.4) is 0 Å². The number of hydrogen-bond acceptors (Lipinski definition) is 3. The van der Waals surface area contributed by atoms with E-state index in [0.29, 0.717) is 13.0 Å². The van der Waals surface area contributed by atoms with Crippen molar-refractivity contribution in [3.8, 4) is 12.3 Å². The first-order chi connectivity index (χ1) is 8.74. The fourth-order valence-electron chi connectivity index (χ4n) is 1.35. The quantitative estimate of drug-likeness (QED) is 0.705. The summed E-state index contributed by atoms with van der Waals surface area (Å²) in [5, 5.41) is 11.0. The fraction of sp³-hybridized carbons (Fsp3) is 0.615. The Morgan fingerprint density at radius 2 is 1.95 bits per heavy atom. The summed E-state index contributed by atoms with van der Waals surface area (Å²) < 4.78 is 0. The van der Waals surface area contributed by atoms with Crippen LogP contribution in [0.25, 0.3) is 0 Å². The monoisotopic (exact) mass is 268 g/mol. The zero-order valence-electron chi connectivity index (χ0n) is 11.5. The highest BCUT2D eigenvalue weighted by Crippen LogP contribution is 2.19. The Kier molecular flexibility index (Phi) is 6.62. The van der Waals surface area contributed by atoms with Gasteiger partial charge in [-0.15, -0.1) is 6.42 Å². The topological polar surface area (TPSA) is 86.7 Å². The van der Waals surface area contributed by atoms with Crippen LogP contribution in [0.4, 0.5) is 4.79 Å². The standard InChI is InChI=1S/C13H20N2O4/c1-5-7-15(8-6-2)12(19)14-10(16)9-13(3,4)11(17)18/h1H,6-9H2,2-4H3,(H,17,18)(H,14,16,19). The molecular weight excluding hydrogens is 248 g/mol. The van der Waals surface area contributed by atoms with E-state index in [0.717, 1.165) is 0 Å². The van der Waals surface area contributed by atoms with Crippen molar-refractivity contribution in [2.24, 2.45) is 5.41 Å². The number of nitrogens with one attached hydrogen (secondary N) is 1. The average Bonchev–Trinajstić information content (AvgIpc) is 2.27. The van der Waals surface area contributed by atoms with Crippen LogP contribution in [0.15, 0.2) is 0 Å². The molecule has 3 amide bonds. The van der Waals surface area contributed by atoms with Gasteiger partial charge in [0.25, 0.3) is 0 Å². The van der Waals surface area contributed by atoms with Crippen LogP contribution in [0.1, 0.15) is 33.6 Å². The van der Waals surface area contributed by atoms with Crippen molar-refractivity contribution in [3.05, 3.63) is 0 Å². The van der Waals surface area contributed by atoms with Crippen molar-refractivity contribution in [2.45, 2.75) is 33.6 Å². The lowest BCUT2D eigenvalue weighted by molar-refractivity contribution is -0.149. The third kappa shape index (κ3) is 5.91. The van der Waals surface area contributed by atoms with E-state index in [2.05, 4.69) is 11.2 Å². The molecule has 0 aromatic carbocycles. The van der Waals surface area contributed by atoms with Crippen LogP contribution in [0.2, 0.25) is 0 Å². The number of urea groups is 1. The zero-order chi connectivity index (χ0) is 15.1. The SMILES string of the molecule is C#CCN(CCC)C(=O)NC(=O)CC(C)(C)C(=O)O. The van der Waals surface area contributed by atoms with Gasteiger partial charge in [-0.2, -0.15) is 0 Å². The molecule has 0 atom stereocenters. The normalized spacial score (nSPS) is 10.4. The zero-order valence-corrected chi connectivity index (χ0v) is 11.5. The molecule has 0 heterocycles. The number of amides is 3. The molecule has 2 N–H and O–H groups in total. The highest BCUT2D eigenvalue weighted by Gasteiger charge is 2.31. The molecule has 0 radical (unpaired) electrons. The number of terminal acetylenes is 1. The van der Waals surface area contributed by atoms with E-state index < -0.39 is 23.3 Å². The summed E-state index contributed by atoms with van der Waals surface area (Å²) in [6.07, 6.45) is 5.57. The highest BCUT2D eigenvalue weighted by atomic mass is 16.4. The smallest absolute Gasteiger partial charge is 0.324 e. The predicted octanol–water partition coefficient (Wildman–Crippen LogP) is 1.07. The summed E-state index contributed by atoms with van der Waals surface area (Å²) in [5.41, 5.74) is -1.22. The molecule has 0 aliphatic heterocycles. The lowest BCUT2D eigenvalue weighted by atomic mass is 9.89. The molecule has 0 unspecified atom stereocenters. The Morgan fingerprint density at radius 3 is 2.37 bits per heavy atom. The van der Waals surface area contributed by atoms with Gasteiger partial charge in [-0.3, -0.25) is 14.9 Å². The first kappa shape index (κ1) is 17.0. The number of carbonyl (C=O) groups is 3. The molecule has 6 heteroatoms. The minimum atomic E-state index is -1.22. The summed E-state index contributed by atoms with van der Waals surface area (Å²) in [5.74, 6) is 0.610. The van der Waals surface area contributed by atoms with E-state index in [9.17, 15) is 14.4 Å². The highest BCUT2D eigenvalue weighted by molar-refractivity contribution is 5.96. The molecule has 106 valence electrons. The molecular formula is C13H20N2O4. The maximum Gasteiger partial charge on any atom is 0.324 e. The molecule has 0 saturated heterocycles. The number of hydrogen-bond donors (Lipinski definition) is 2. The molecule has 0 spiro atoms. The van der Waals surface area contributed by atoms with Gasteiger partial charge in [-0.1, -0.05) is 12.8 Å². The second-order valence-electron chi connectivity index (χ2n) is 4.84. The Hall–Kier alpha value is -2.03. The molecule has 19 heavy (non-hydrogen) atoms. The van der Waals surface area contributed by atoms with E-state index in [1.165, 1.54) is 18.7 Å². The van der Waals surface area contributed by atoms with E-state index in [-0.39, 0.29) is 13.0 Å². The maximum absolute atomic E-state index is 11.7. The molecule has 6 nitrogen and oxygen atoms in total. The number of carboxylic acids is 1. The molecule has 0 rings (SSSR count). The molecule has 0 bridgehead atoms. The largest absolute Gasteiger partial charge is 0.481 e. The van der Waals surface area contributed by atoms with Crippen molar-refractivity contribution in [1.82, 2.24) is 10.2 Å². The lowest BCUT2D eigenvalue weighted by Gasteiger charge is -2.21. The van der Waals surface area contributed by atoms with Crippen LogP contribution in [-0.2, 0) is 9.59 Å². The first-order valence-corrected chi connectivity index (χ1v) is 6.00. The minimum absolute atomic E-state index is 0.106. The van der Waals surface area contributed by atoms with Gasteiger partial charge in [0.15, 0.2) is 0 Å². The number of nitrogens with zero attached hydrogens (tertiary/aromatic N) is 1. The van der Waals surface area contributed by atoms with Crippen LogP contribution < -0.4 is 5.32 Å². The van der Waals surface area contributed by atoms with Gasteiger partial charge >= 0.3 is 12.0 Å². The van der Waals surface area contributed by atoms with Crippen LogP contribution in [-0.4, -0.2) is 41.0 Å². The molecule has 0 aromatic rings. The molecule has 0 saturated carbocycles. The lowest BCUT2D eigenvalue weighted by Crippen LogP contribution is -2.45. The second kappa shape index (κ2) is 7.41. The number of rotatable bonds is 6. The van der Waals surface area contributed by atoms with Crippen molar-refractivity contribution in [2.75, 3.05) is 13.1 Å². The van der Waals surface area contributed by atoms with Gasteiger partial charge in [-0.25, -0.2) is 4.79 Å². The Labute approximate surface area is 113 Å². The average molecular weight is 268 g/mol. The predicted molar refractivity (Wildman–Crippen MR) is 70.3 cm³/mol.